The number of hydrogen-bond donors (Lipinski definition) is 1. The number of pyridine rings is 1. The van der Waals surface area contributed by atoms with Crippen molar-refractivity contribution in [1.82, 2.24) is 9.38 Å². The number of unbranched alkanes of at least 4 members (excludes halogenated alkanes) is 1. The van der Waals surface area contributed by atoms with Crippen LogP contribution in [0.25, 0.3) is 5.65 Å². The fourth-order valence-electron chi connectivity index (χ4n) is 4.44. The van der Waals surface area contributed by atoms with E-state index in [1.807, 2.05) is 0 Å². The monoisotopic (exact) mass is 341 g/mol. The van der Waals surface area contributed by atoms with E-state index in [1.54, 1.807) is 0 Å². The zero-order chi connectivity index (χ0) is 18.0. The molecular formula is C22H35N3. The normalized spacial score (nSPS) is 23.1. The van der Waals surface area contributed by atoms with E-state index in [2.05, 4.69) is 56.5 Å². The number of fused-ring (bicyclic) bond motifs is 1. The van der Waals surface area contributed by atoms with E-state index in [1.165, 1.54) is 56.3 Å². The lowest BCUT2D eigenvalue weighted by Crippen LogP contribution is -2.29. The van der Waals surface area contributed by atoms with E-state index < -0.39 is 0 Å². The molecular weight excluding hydrogens is 306 g/mol. The molecule has 0 aromatic carbocycles. The molecule has 1 aliphatic carbocycles. The summed E-state index contributed by atoms with van der Waals surface area (Å²) >= 11 is 0. The first-order valence-corrected chi connectivity index (χ1v) is 10.1. The van der Waals surface area contributed by atoms with Gasteiger partial charge in [0.05, 0.1) is 17.4 Å². The van der Waals surface area contributed by atoms with Crippen molar-refractivity contribution >= 4 is 5.65 Å². The topological polar surface area (TPSA) is 43.3 Å². The molecule has 1 fully saturated rings. The van der Waals surface area contributed by atoms with Crippen LogP contribution in [0, 0.1) is 11.8 Å². The molecule has 1 saturated carbocycles. The highest BCUT2D eigenvalue weighted by molar-refractivity contribution is 5.46. The molecule has 0 amide bonds. The summed E-state index contributed by atoms with van der Waals surface area (Å²) in [6, 6.07) is 6.31. The summed E-state index contributed by atoms with van der Waals surface area (Å²) in [5, 5.41) is 0. The van der Waals surface area contributed by atoms with Crippen molar-refractivity contribution in [1.29, 1.82) is 0 Å². The Morgan fingerprint density at radius 1 is 1.20 bits per heavy atom. The smallest absolute Gasteiger partial charge is 0.137 e. The van der Waals surface area contributed by atoms with Crippen LogP contribution in [0.5, 0.6) is 0 Å². The van der Waals surface area contributed by atoms with Crippen LogP contribution in [0.2, 0.25) is 0 Å². The predicted octanol–water partition coefficient (Wildman–Crippen LogP) is 5.63. The van der Waals surface area contributed by atoms with Crippen LogP contribution in [0.1, 0.15) is 90.1 Å². The van der Waals surface area contributed by atoms with Crippen molar-refractivity contribution in [3.05, 3.63) is 35.8 Å². The summed E-state index contributed by atoms with van der Waals surface area (Å²) in [7, 11) is 0. The minimum atomic E-state index is 0.0112. The van der Waals surface area contributed by atoms with Gasteiger partial charge in [0.25, 0.3) is 0 Å². The predicted molar refractivity (Wildman–Crippen MR) is 106 cm³/mol. The fourth-order valence-corrected chi connectivity index (χ4v) is 4.44. The Kier molecular flexibility index (Phi) is 5.52. The SMILES string of the molecule is CCCCC1CCC(C(N)c2c(C(C)(C)C)nc3ccccn23)CC1. The van der Waals surface area contributed by atoms with Gasteiger partial charge in [-0.2, -0.15) is 0 Å². The molecule has 2 aromatic heterocycles. The van der Waals surface area contributed by atoms with Crippen molar-refractivity contribution in [2.45, 2.75) is 84.1 Å². The first-order chi connectivity index (χ1) is 11.9. The van der Waals surface area contributed by atoms with Gasteiger partial charge in [-0.3, -0.25) is 0 Å². The summed E-state index contributed by atoms with van der Waals surface area (Å²) < 4.78 is 2.23. The maximum absolute atomic E-state index is 6.86. The summed E-state index contributed by atoms with van der Waals surface area (Å²) in [5.74, 6) is 1.51. The third-order valence-corrected chi connectivity index (χ3v) is 5.96. The number of nitrogens with zero attached hydrogens (tertiary/aromatic N) is 2. The second kappa shape index (κ2) is 7.49. The minimum absolute atomic E-state index is 0.0112. The third kappa shape index (κ3) is 3.92. The van der Waals surface area contributed by atoms with Gasteiger partial charge in [0, 0.05) is 11.6 Å². The van der Waals surface area contributed by atoms with Crippen LogP contribution in [0.3, 0.4) is 0 Å². The van der Waals surface area contributed by atoms with Crippen molar-refractivity contribution in [2.24, 2.45) is 17.6 Å². The molecule has 138 valence electrons. The minimum Gasteiger partial charge on any atom is -0.322 e. The average molecular weight is 342 g/mol. The van der Waals surface area contributed by atoms with E-state index in [0.717, 1.165) is 11.6 Å². The number of aromatic nitrogens is 2. The zero-order valence-corrected chi connectivity index (χ0v) is 16.5. The molecule has 3 rings (SSSR count). The number of nitrogens with two attached hydrogens (primary N) is 1. The van der Waals surface area contributed by atoms with Gasteiger partial charge in [-0.25, -0.2) is 4.98 Å². The second-order valence-electron chi connectivity index (χ2n) is 8.97. The lowest BCUT2D eigenvalue weighted by atomic mass is 9.75. The van der Waals surface area contributed by atoms with Gasteiger partial charge in [-0.15, -0.1) is 0 Å². The standard InChI is InChI=1S/C22H35N3/c1-5-6-9-16-11-13-17(14-12-16)19(23)20-21(22(2,3)4)24-18-10-7-8-15-25(18)20/h7-8,10,15-17,19H,5-6,9,11-14,23H2,1-4H3. The van der Waals surface area contributed by atoms with Crippen LogP contribution in [0.4, 0.5) is 0 Å². The van der Waals surface area contributed by atoms with Crippen LogP contribution in [0.15, 0.2) is 24.4 Å². The molecule has 2 aromatic rings. The Bertz CT molecular complexity index is 687. The van der Waals surface area contributed by atoms with E-state index in [-0.39, 0.29) is 11.5 Å². The molecule has 3 heteroatoms. The molecule has 0 spiro atoms. The second-order valence-corrected chi connectivity index (χ2v) is 8.97. The maximum Gasteiger partial charge on any atom is 0.137 e. The van der Waals surface area contributed by atoms with E-state index in [9.17, 15) is 0 Å². The highest BCUT2D eigenvalue weighted by Gasteiger charge is 2.33. The van der Waals surface area contributed by atoms with Gasteiger partial charge in [-0.05, 0) is 36.8 Å². The first kappa shape index (κ1) is 18.4. The molecule has 0 bridgehead atoms. The van der Waals surface area contributed by atoms with E-state index in [4.69, 9.17) is 10.7 Å². The van der Waals surface area contributed by atoms with Crippen molar-refractivity contribution in [2.75, 3.05) is 0 Å². The Morgan fingerprint density at radius 2 is 1.92 bits per heavy atom. The quantitative estimate of drug-likeness (QED) is 0.766. The largest absolute Gasteiger partial charge is 0.322 e. The van der Waals surface area contributed by atoms with Gasteiger partial charge in [-0.1, -0.05) is 65.9 Å². The molecule has 3 nitrogen and oxygen atoms in total. The van der Waals surface area contributed by atoms with E-state index >= 15 is 0 Å². The summed E-state index contributed by atoms with van der Waals surface area (Å²) in [6.07, 6.45) is 11.4. The zero-order valence-electron chi connectivity index (χ0n) is 16.5. The van der Waals surface area contributed by atoms with Gasteiger partial charge in [0.15, 0.2) is 0 Å². The Balaban J connectivity index is 1.84. The number of rotatable bonds is 5. The molecule has 1 unspecified atom stereocenters. The van der Waals surface area contributed by atoms with Crippen LogP contribution in [-0.2, 0) is 5.41 Å². The highest BCUT2D eigenvalue weighted by Crippen LogP contribution is 2.40. The van der Waals surface area contributed by atoms with Crippen LogP contribution >= 0.6 is 0 Å². The van der Waals surface area contributed by atoms with Crippen molar-refractivity contribution in [3.63, 3.8) is 0 Å². The van der Waals surface area contributed by atoms with Crippen LogP contribution < -0.4 is 5.73 Å². The molecule has 25 heavy (non-hydrogen) atoms. The Labute approximate surface area is 153 Å². The molecule has 2 heterocycles. The van der Waals surface area contributed by atoms with Crippen LogP contribution in [-0.4, -0.2) is 9.38 Å². The Hall–Kier alpha value is -1.35. The number of imidazole rings is 1. The molecule has 0 aliphatic heterocycles. The highest BCUT2D eigenvalue weighted by atomic mass is 15.0. The van der Waals surface area contributed by atoms with Crippen molar-refractivity contribution in [3.8, 4) is 0 Å². The lowest BCUT2D eigenvalue weighted by Gasteiger charge is -2.33. The molecule has 0 saturated heterocycles. The summed E-state index contributed by atoms with van der Waals surface area (Å²) in [5.41, 5.74) is 10.3. The molecule has 1 atom stereocenters. The fraction of sp³-hybridized carbons (Fsp3) is 0.682. The van der Waals surface area contributed by atoms with Gasteiger partial charge >= 0.3 is 0 Å². The summed E-state index contributed by atoms with van der Waals surface area (Å²) in [4.78, 5) is 4.94. The maximum atomic E-state index is 6.86. The average Bonchev–Trinajstić information content (AvgIpc) is 3.00. The Morgan fingerprint density at radius 3 is 2.56 bits per heavy atom. The third-order valence-electron chi connectivity index (χ3n) is 5.96. The van der Waals surface area contributed by atoms with E-state index in [0.29, 0.717) is 5.92 Å². The first-order valence-electron chi connectivity index (χ1n) is 10.1. The summed E-state index contributed by atoms with van der Waals surface area (Å²) in [6.45, 7) is 9.02. The molecule has 2 N–H and O–H groups in total. The van der Waals surface area contributed by atoms with Crippen molar-refractivity contribution < 1.29 is 0 Å². The molecule has 0 radical (unpaired) electrons. The van der Waals surface area contributed by atoms with Gasteiger partial charge < -0.3 is 10.1 Å². The lowest BCUT2D eigenvalue weighted by molar-refractivity contribution is 0.229. The molecule has 1 aliphatic rings. The van der Waals surface area contributed by atoms with Gasteiger partial charge in [0.1, 0.15) is 5.65 Å². The van der Waals surface area contributed by atoms with Gasteiger partial charge in [0.2, 0.25) is 0 Å². The number of hydrogen-bond acceptors (Lipinski definition) is 2.